The highest BCUT2D eigenvalue weighted by Gasteiger charge is 2.38. The number of anilines is 2. The summed E-state index contributed by atoms with van der Waals surface area (Å²) in [6.07, 6.45) is 0. The molecule has 2 saturated heterocycles. The molecule has 2 heterocycles. The van der Waals surface area contributed by atoms with Crippen LogP contribution in [0.3, 0.4) is 0 Å². The molecule has 2 aromatic rings. The Morgan fingerprint density at radius 3 is 2.58 bits per heavy atom. The SMILES string of the molecule is C=C1NC(=O)N[C@@H](c2ccc(N3CCOCC3)cc2)[C@@H]1C(=O)Nc1ccccc1OC. The predicted octanol–water partition coefficient (Wildman–Crippen LogP) is 2.65. The molecule has 0 saturated carbocycles. The first-order valence-electron chi connectivity index (χ1n) is 10.2. The van der Waals surface area contributed by atoms with Gasteiger partial charge in [0.05, 0.1) is 32.1 Å². The van der Waals surface area contributed by atoms with Gasteiger partial charge in [0, 0.05) is 24.5 Å². The Hall–Kier alpha value is -3.52. The number of carbonyl (C=O) groups excluding carboxylic acids is 2. The highest BCUT2D eigenvalue weighted by molar-refractivity contribution is 5.98. The summed E-state index contributed by atoms with van der Waals surface area (Å²) in [4.78, 5) is 27.6. The van der Waals surface area contributed by atoms with Gasteiger partial charge in [0.25, 0.3) is 0 Å². The number of para-hydroxylation sites is 2. The zero-order valence-corrected chi connectivity index (χ0v) is 17.4. The number of methoxy groups -OCH3 is 1. The summed E-state index contributed by atoms with van der Waals surface area (Å²) in [5.41, 5.74) is 2.81. The fourth-order valence-corrected chi connectivity index (χ4v) is 3.94. The summed E-state index contributed by atoms with van der Waals surface area (Å²) in [6, 6.07) is 14.1. The van der Waals surface area contributed by atoms with Crippen LogP contribution in [-0.4, -0.2) is 45.4 Å². The maximum absolute atomic E-state index is 13.2. The minimum atomic E-state index is -0.697. The molecule has 2 aromatic carbocycles. The molecule has 8 nitrogen and oxygen atoms in total. The van der Waals surface area contributed by atoms with Crippen LogP contribution in [0.1, 0.15) is 11.6 Å². The molecule has 8 heteroatoms. The van der Waals surface area contributed by atoms with Gasteiger partial charge >= 0.3 is 6.03 Å². The number of amides is 3. The van der Waals surface area contributed by atoms with E-state index in [4.69, 9.17) is 9.47 Å². The first kappa shape index (κ1) is 20.7. The number of hydrogen-bond acceptors (Lipinski definition) is 5. The van der Waals surface area contributed by atoms with Crippen LogP contribution in [-0.2, 0) is 9.53 Å². The summed E-state index contributed by atoms with van der Waals surface area (Å²) in [5, 5.41) is 8.40. The number of ether oxygens (including phenoxy) is 2. The molecular formula is C23H26N4O4. The van der Waals surface area contributed by atoms with Crippen molar-refractivity contribution in [3.05, 3.63) is 66.4 Å². The molecule has 0 aliphatic carbocycles. The summed E-state index contributed by atoms with van der Waals surface area (Å²) >= 11 is 0. The second kappa shape index (κ2) is 9.09. The molecule has 0 aromatic heterocycles. The summed E-state index contributed by atoms with van der Waals surface area (Å²) in [5.74, 6) is -0.429. The molecule has 0 spiro atoms. The number of nitrogens with zero attached hydrogens (tertiary/aromatic N) is 1. The van der Waals surface area contributed by atoms with E-state index in [-0.39, 0.29) is 11.9 Å². The molecule has 2 aliphatic rings. The lowest BCUT2D eigenvalue weighted by Gasteiger charge is -2.34. The lowest BCUT2D eigenvalue weighted by molar-refractivity contribution is -0.119. The van der Waals surface area contributed by atoms with E-state index in [1.165, 1.54) is 0 Å². The van der Waals surface area contributed by atoms with Gasteiger partial charge in [-0.1, -0.05) is 30.8 Å². The molecule has 2 atom stereocenters. The number of urea groups is 1. The predicted molar refractivity (Wildman–Crippen MR) is 118 cm³/mol. The van der Waals surface area contributed by atoms with Crippen LogP contribution < -0.4 is 25.6 Å². The van der Waals surface area contributed by atoms with Crippen LogP contribution >= 0.6 is 0 Å². The van der Waals surface area contributed by atoms with Crippen molar-refractivity contribution in [2.75, 3.05) is 43.6 Å². The van der Waals surface area contributed by atoms with Crippen molar-refractivity contribution in [2.45, 2.75) is 6.04 Å². The molecule has 0 bridgehead atoms. The van der Waals surface area contributed by atoms with Crippen molar-refractivity contribution >= 4 is 23.3 Å². The number of hydrogen-bond donors (Lipinski definition) is 3. The van der Waals surface area contributed by atoms with Gasteiger partial charge in [-0.3, -0.25) is 4.79 Å². The Morgan fingerprint density at radius 2 is 1.87 bits per heavy atom. The maximum Gasteiger partial charge on any atom is 0.319 e. The molecule has 0 radical (unpaired) electrons. The van der Waals surface area contributed by atoms with E-state index in [2.05, 4.69) is 27.4 Å². The normalized spacial score (nSPS) is 21.1. The highest BCUT2D eigenvalue weighted by atomic mass is 16.5. The number of rotatable bonds is 5. The van der Waals surface area contributed by atoms with Crippen molar-refractivity contribution in [2.24, 2.45) is 5.92 Å². The third-order valence-corrected chi connectivity index (χ3v) is 5.55. The number of morpholine rings is 1. The molecule has 0 unspecified atom stereocenters. The van der Waals surface area contributed by atoms with Crippen LogP contribution in [0, 0.1) is 5.92 Å². The largest absolute Gasteiger partial charge is 0.495 e. The van der Waals surface area contributed by atoms with Gasteiger partial charge in [-0.05, 0) is 29.8 Å². The van der Waals surface area contributed by atoms with Gasteiger partial charge < -0.3 is 30.3 Å². The molecule has 3 amide bonds. The zero-order chi connectivity index (χ0) is 21.8. The highest BCUT2D eigenvalue weighted by Crippen LogP contribution is 2.33. The van der Waals surface area contributed by atoms with Crippen LogP contribution in [0.5, 0.6) is 5.75 Å². The van der Waals surface area contributed by atoms with Crippen LogP contribution in [0.2, 0.25) is 0 Å². The van der Waals surface area contributed by atoms with Gasteiger partial charge in [0.15, 0.2) is 0 Å². The number of carbonyl (C=O) groups is 2. The maximum atomic E-state index is 13.2. The van der Waals surface area contributed by atoms with Gasteiger partial charge in [0.2, 0.25) is 5.91 Å². The quantitative estimate of drug-likeness (QED) is 0.689. The summed E-state index contributed by atoms with van der Waals surface area (Å²) in [6.45, 7) is 7.02. The lowest BCUT2D eigenvalue weighted by atomic mass is 9.88. The molecule has 162 valence electrons. The van der Waals surface area contributed by atoms with Gasteiger partial charge in [-0.15, -0.1) is 0 Å². The standard InChI is InChI=1S/C23H26N4O4/c1-15-20(22(28)25-18-5-3-4-6-19(18)30-2)21(26-23(29)24-15)16-7-9-17(10-8-16)27-11-13-31-14-12-27/h3-10,20-21H,1,11-14H2,2H3,(H,25,28)(H2,24,26,29)/t20-,21+/m1/s1. The minimum Gasteiger partial charge on any atom is -0.495 e. The van der Waals surface area contributed by atoms with Gasteiger partial charge in [-0.25, -0.2) is 4.79 Å². The van der Waals surface area contributed by atoms with Gasteiger partial charge in [0.1, 0.15) is 11.7 Å². The smallest absolute Gasteiger partial charge is 0.319 e. The topological polar surface area (TPSA) is 91.9 Å². The Kier molecular flexibility index (Phi) is 6.08. The summed E-state index contributed by atoms with van der Waals surface area (Å²) in [7, 11) is 1.55. The monoisotopic (exact) mass is 422 g/mol. The average molecular weight is 422 g/mol. The first-order chi connectivity index (χ1) is 15.1. The van der Waals surface area contributed by atoms with Crippen LogP contribution in [0.4, 0.5) is 16.2 Å². The minimum absolute atomic E-state index is 0.288. The van der Waals surface area contributed by atoms with Crippen molar-refractivity contribution in [1.29, 1.82) is 0 Å². The van der Waals surface area contributed by atoms with E-state index in [0.717, 1.165) is 24.3 Å². The fraction of sp³-hybridized carbons (Fsp3) is 0.304. The lowest BCUT2D eigenvalue weighted by Crippen LogP contribution is -2.51. The first-order valence-corrected chi connectivity index (χ1v) is 10.2. The van der Waals surface area contributed by atoms with Crippen molar-refractivity contribution < 1.29 is 19.1 Å². The molecule has 31 heavy (non-hydrogen) atoms. The molecule has 2 fully saturated rings. The molecule has 3 N–H and O–H groups in total. The van der Waals surface area contributed by atoms with E-state index < -0.39 is 12.0 Å². The van der Waals surface area contributed by atoms with E-state index in [1.807, 2.05) is 36.4 Å². The Morgan fingerprint density at radius 1 is 1.16 bits per heavy atom. The van der Waals surface area contributed by atoms with E-state index in [1.54, 1.807) is 19.2 Å². The van der Waals surface area contributed by atoms with Crippen molar-refractivity contribution in [3.63, 3.8) is 0 Å². The molecular weight excluding hydrogens is 396 g/mol. The van der Waals surface area contributed by atoms with E-state index in [9.17, 15) is 9.59 Å². The average Bonchev–Trinajstić information content (AvgIpc) is 2.79. The zero-order valence-electron chi connectivity index (χ0n) is 17.4. The third kappa shape index (κ3) is 4.49. The fourth-order valence-electron chi connectivity index (χ4n) is 3.94. The molecule has 4 rings (SSSR count). The Bertz CT molecular complexity index is 970. The van der Waals surface area contributed by atoms with Crippen molar-refractivity contribution in [1.82, 2.24) is 10.6 Å². The Labute approximate surface area is 181 Å². The van der Waals surface area contributed by atoms with E-state index >= 15 is 0 Å². The number of benzene rings is 2. The summed E-state index contributed by atoms with van der Waals surface area (Å²) < 4.78 is 10.7. The van der Waals surface area contributed by atoms with Crippen LogP contribution in [0.25, 0.3) is 0 Å². The van der Waals surface area contributed by atoms with E-state index in [0.29, 0.717) is 30.3 Å². The third-order valence-electron chi connectivity index (χ3n) is 5.55. The van der Waals surface area contributed by atoms with Crippen molar-refractivity contribution in [3.8, 4) is 5.75 Å². The van der Waals surface area contributed by atoms with Gasteiger partial charge in [-0.2, -0.15) is 0 Å². The second-order valence-corrected chi connectivity index (χ2v) is 7.46. The van der Waals surface area contributed by atoms with Crippen LogP contribution in [0.15, 0.2) is 60.8 Å². The number of nitrogens with one attached hydrogen (secondary N) is 3. The Balaban J connectivity index is 1.57. The second-order valence-electron chi connectivity index (χ2n) is 7.46. The molecule has 2 aliphatic heterocycles.